The molecule has 1 saturated heterocycles. The summed E-state index contributed by atoms with van der Waals surface area (Å²) in [6.45, 7) is 0. The number of rotatable bonds is 4. The minimum atomic E-state index is -3.95. The van der Waals surface area contributed by atoms with Crippen LogP contribution in [0.25, 0.3) is 0 Å². The van der Waals surface area contributed by atoms with E-state index in [1.54, 1.807) is 6.07 Å². The van der Waals surface area contributed by atoms with Crippen LogP contribution >= 0.6 is 22.6 Å². The number of hydrogen-bond donors (Lipinski definition) is 2. The van der Waals surface area contributed by atoms with E-state index < -0.39 is 36.8 Å². The molecule has 10 heteroatoms. The monoisotopic (exact) mass is 445 g/mol. The van der Waals surface area contributed by atoms with E-state index in [0.717, 1.165) is 0 Å². The van der Waals surface area contributed by atoms with Crippen LogP contribution in [0.5, 0.6) is 0 Å². The normalized spacial score (nSPS) is 21.1. The Labute approximate surface area is 135 Å². The Morgan fingerprint density at radius 2 is 2.05 bits per heavy atom. The second kappa shape index (κ2) is 5.72. The molecule has 1 aliphatic rings. The average molecular weight is 445 g/mol. The summed E-state index contributed by atoms with van der Waals surface area (Å²) in [5, 5.41) is 8.05. The highest BCUT2D eigenvalue weighted by atomic mass is 127. The lowest BCUT2D eigenvalue weighted by Crippen LogP contribution is -2.29. The number of anilines is 1. The lowest BCUT2D eigenvalue weighted by molar-refractivity contribution is 0.0698. The number of halogens is 1. The van der Waals surface area contributed by atoms with Crippen molar-refractivity contribution in [2.24, 2.45) is 0 Å². The number of nitrogens with one attached hydrogen (secondary N) is 1. The molecular weight excluding hydrogens is 433 g/mol. The summed E-state index contributed by atoms with van der Waals surface area (Å²) >= 11 is 1.92. The summed E-state index contributed by atoms with van der Waals surface area (Å²) in [6, 6.07) is 4.26. The fraction of sp³-hybridized carbons (Fsp3) is 0.364. The van der Waals surface area contributed by atoms with Gasteiger partial charge in [-0.25, -0.2) is 21.6 Å². The molecule has 0 bridgehead atoms. The lowest BCUT2D eigenvalue weighted by Gasteiger charge is -2.14. The van der Waals surface area contributed by atoms with Gasteiger partial charge >= 0.3 is 5.97 Å². The quantitative estimate of drug-likeness (QED) is 0.666. The van der Waals surface area contributed by atoms with Crippen molar-refractivity contribution in [3.8, 4) is 0 Å². The molecule has 1 unspecified atom stereocenters. The molecule has 1 fully saturated rings. The molecule has 1 aromatic rings. The van der Waals surface area contributed by atoms with E-state index in [1.165, 1.54) is 12.1 Å². The summed E-state index contributed by atoms with van der Waals surface area (Å²) in [7, 11) is -7.29. The first-order valence-corrected chi connectivity index (χ1v) is 10.3. The maximum absolute atomic E-state index is 12.2. The summed E-state index contributed by atoms with van der Waals surface area (Å²) in [5.74, 6) is -1.86. The molecule has 2 N–H and O–H groups in total. The van der Waals surface area contributed by atoms with Gasteiger partial charge in [0, 0.05) is 3.57 Å². The van der Waals surface area contributed by atoms with Crippen molar-refractivity contribution in [2.45, 2.75) is 11.7 Å². The van der Waals surface area contributed by atoms with Gasteiger partial charge in [-0.1, -0.05) is 0 Å². The van der Waals surface area contributed by atoms with E-state index >= 15 is 0 Å². The second-order valence-corrected chi connectivity index (χ2v) is 10.1. The molecule has 0 spiro atoms. The van der Waals surface area contributed by atoms with Crippen LogP contribution in [0.2, 0.25) is 0 Å². The van der Waals surface area contributed by atoms with Gasteiger partial charge in [-0.05, 0) is 47.2 Å². The number of sulfone groups is 1. The Morgan fingerprint density at radius 1 is 1.38 bits per heavy atom. The van der Waals surface area contributed by atoms with E-state index in [4.69, 9.17) is 5.11 Å². The third-order valence-corrected chi connectivity index (χ3v) is 7.53. The number of carboxylic acid groups (broad SMARTS) is 1. The van der Waals surface area contributed by atoms with Crippen molar-refractivity contribution in [1.82, 2.24) is 0 Å². The Balaban J connectivity index is 2.32. The largest absolute Gasteiger partial charge is 0.478 e. The molecule has 2 rings (SSSR count). The van der Waals surface area contributed by atoms with Crippen molar-refractivity contribution >= 4 is 54.1 Å². The van der Waals surface area contributed by atoms with Gasteiger partial charge in [0.2, 0.25) is 10.0 Å². The molecular formula is C11H12INO6S2. The molecule has 0 radical (unpaired) electrons. The maximum atomic E-state index is 12.2. The Morgan fingerprint density at radius 3 is 2.57 bits per heavy atom. The molecule has 1 atom stereocenters. The Hall–Kier alpha value is -0.880. The van der Waals surface area contributed by atoms with Gasteiger partial charge in [-0.2, -0.15) is 0 Å². The molecule has 1 aliphatic heterocycles. The topological polar surface area (TPSA) is 118 Å². The van der Waals surface area contributed by atoms with Gasteiger partial charge < -0.3 is 5.11 Å². The van der Waals surface area contributed by atoms with Gasteiger partial charge in [-0.3, -0.25) is 4.72 Å². The van der Waals surface area contributed by atoms with Gasteiger partial charge in [0.25, 0.3) is 0 Å². The van der Waals surface area contributed by atoms with Crippen molar-refractivity contribution in [3.05, 3.63) is 27.3 Å². The number of sulfonamides is 1. The standard InChI is InChI=1S/C11H12INO6S2/c12-7-1-2-10(9(5-7)11(14)15)13-21(18,19)8-3-4-20(16,17)6-8/h1-2,5,8,13H,3-4,6H2,(H,14,15). The second-order valence-electron chi connectivity index (χ2n) is 4.67. The number of hydrogen-bond acceptors (Lipinski definition) is 5. The third-order valence-electron chi connectivity index (χ3n) is 3.09. The first-order chi connectivity index (χ1) is 9.61. The fourth-order valence-corrected chi connectivity index (χ4v) is 6.63. The van der Waals surface area contributed by atoms with E-state index in [0.29, 0.717) is 3.57 Å². The molecule has 21 heavy (non-hydrogen) atoms. The smallest absolute Gasteiger partial charge is 0.337 e. The summed E-state index contributed by atoms with van der Waals surface area (Å²) in [5.41, 5.74) is -0.237. The van der Waals surface area contributed by atoms with Crippen LogP contribution in [0.15, 0.2) is 18.2 Å². The Bertz CT molecular complexity index is 787. The lowest BCUT2D eigenvalue weighted by atomic mass is 10.2. The van der Waals surface area contributed by atoms with Gasteiger partial charge in [0.05, 0.1) is 28.0 Å². The van der Waals surface area contributed by atoms with Crippen molar-refractivity contribution in [1.29, 1.82) is 0 Å². The number of carboxylic acids is 1. The number of benzene rings is 1. The summed E-state index contributed by atoms with van der Waals surface area (Å²) < 4.78 is 50.0. The molecule has 116 valence electrons. The summed E-state index contributed by atoms with van der Waals surface area (Å²) in [4.78, 5) is 11.2. The molecule has 1 aromatic carbocycles. The predicted molar refractivity (Wildman–Crippen MR) is 85.7 cm³/mol. The van der Waals surface area contributed by atoms with Gasteiger partial charge in [0.1, 0.15) is 0 Å². The summed E-state index contributed by atoms with van der Waals surface area (Å²) in [6.07, 6.45) is 0.0183. The van der Waals surface area contributed by atoms with Crippen LogP contribution < -0.4 is 4.72 Å². The highest BCUT2D eigenvalue weighted by Gasteiger charge is 2.37. The average Bonchev–Trinajstić information content (AvgIpc) is 2.72. The van der Waals surface area contributed by atoms with Crippen LogP contribution in [0.3, 0.4) is 0 Å². The minimum absolute atomic E-state index is 0.0183. The highest BCUT2D eigenvalue weighted by molar-refractivity contribution is 14.1. The van der Waals surface area contributed by atoms with E-state index in [9.17, 15) is 21.6 Å². The first-order valence-electron chi connectivity index (χ1n) is 5.86. The number of aromatic carboxylic acids is 1. The molecule has 0 saturated carbocycles. The van der Waals surface area contributed by atoms with Crippen LogP contribution in [-0.2, 0) is 19.9 Å². The van der Waals surface area contributed by atoms with Crippen LogP contribution in [0.4, 0.5) is 5.69 Å². The molecule has 1 heterocycles. The zero-order valence-electron chi connectivity index (χ0n) is 10.6. The zero-order valence-corrected chi connectivity index (χ0v) is 14.4. The van der Waals surface area contributed by atoms with Crippen LogP contribution in [0.1, 0.15) is 16.8 Å². The molecule has 0 aliphatic carbocycles. The minimum Gasteiger partial charge on any atom is -0.478 e. The van der Waals surface area contributed by atoms with Crippen molar-refractivity contribution in [3.63, 3.8) is 0 Å². The van der Waals surface area contributed by atoms with Gasteiger partial charge in [0.15, 0.2) is 9.84 Å². The Kier molecular flexibility index (Phi) is 4.49. The van der Waals surface area contributed by atoms with Crippen LogP contribution in [0, 0.1) is 3.57 Å². The fourth-order valence-electron chi connectivity index (χ4n) is 2.02. The number of carbonyl (C=O) groups is 1. The van der Waals surface area contributed by atoms with Gasteiger partial charge in [-0.15, -0.1) is 0 Å². The first kappa shape index (κ1) is 16.5. The SMILES string of the molecule is O=C(O)c1cc(I)ccc1NS(=O)(=O)C1CCS(=O)(=O)C1. The van der Waals surface area contributed by atoms with Crippen molar-refractivity contribution in [2.75, 3.05) is 16.2 Å². The highest BCUT2D eigenvalue weighted by Crippen LogP contribution is 2.24. The predicted octanol–water partition coefficient (Wildman–Crippen LogP) is 0.918. The molecule has 0 aromatic heterocycles. The van der Waals surface area contributed by atoms with E-state index in [1.807, 2.05) is 22.6 Å². The molecule has 0 amide bonds. The van der Waals surface area contributed by atoms with E-state index in [-0.39, 0.29) is 23.4 Å². The van der Waals surface area contributed by atoms with Crippen molar-refractivity contribution < 1.29 is 26.7 Å². The van der Waals surface area contributed by atoms with Crippen LogP contribution in [-0.4, -0.2) is 44.7 Å². The third kappa shape index (κ3) is 3.86. The van der Waals surface area contributed by atoms with E-state index in [2.05, 4.69) is 4.72 Å². The zero-order chi connectivity index (χ0) is 15.8. The molecule has 7 nitrogen and oxygen atoms in total. The maximum Gasteiger partial charge on any atom is 0.337 e.